The fourth-order valence-electron chi connectivity index (χ4n) is 2.33. The van der Waals surface area contributed by atoms with E-state index in [-0.39, 0.29) is 6.10 Å². The third-order valence-electron chi connectivity index (χ3n) is 3.35. The SMILES string of the molecule is O[C@H]1CC(c2ccc(Cl)c(Cl)c2)Oc2ccc(Br)cc21. The fraction of sp³-hybridized carbons (Fsp3) is 0.200. The van der Waals surface area contributed by atoms with Crippen molar-refractivity contribution < 1.29 is 9.84 Å². The zero-order valence-electron chi connectivity index (χ0n) is 10.3. The maximum absolute atomic E-state index is 10.3. The molecule has 3 rings (SSSR count). The van der Waals surface area contributed by atoms with Crippen molar-refractivity contribution in [2.45, 2.75) is 18.6 Å². The van der Waals surface area contributed by atoms with E-state index in [4.69, 9.17) is 27.9 Å². The lowest BCUT2D eigenvalue weighted by atomic mass is 9.95. The van der Waals surface area contributed by atoms with Gasteiger partial charge in [0.1, 0.15) is 11.9 Å². The summed E-state index contributed by atoms with van der Waals surface area (Å²) in [7, 11) is 0. The van der Waals surface area contributed by atoms with Crippen LogP contribution < -0.4 is 4.74 Å². The molecule has 1 unspecified atom stereocenters. The minimum Gasteiger partial charge on any atom is -0.485 e. The summed E-state index contributed by atoms with van der Waals surface area (Å²) in [5, 5.41) is 11.3. The first-order chi connectivity index (χ1) is 9.54. The number of hydrogen-bond acceptors (Lipinski definition) is 2. The number of rotatable bonds is 1. The molecular formula is C15H11BrCl2O2. The van der Waals surface area contributed by atoms with Gasteiger partial charge in [-0.05, 0) is 35.9 Å². The molecule has 0 amide bonds. The highest BCUT2D eigenvalue weighted by Gasteiger charge is 2.28. The average Bonchev–Trinajstić information content (AvgIpc) is 2.42. The zero-order valence-corrected chi connectivity index (χ0v) is 13.4. The molecule has 0 bridgehead atoms. The van der Waals surface area contributed by atoms with Crippen LogP contribution in [-0.2, 0) is 0 Å². The summed E-state index contributed by atoms with van der Waals surface area (Å²) in [5.41, 5.74) is 1.71. The molecule has 5 heteroatoms. The van der Waals surface area contributed by atoms with Crippen LogP contribution in [0.5, 0.6) is 5.75 Å². The summed E-state index contributed by atoms with van der Waals surface area (Å²) < 4.78 is 6.88. The van der Waals surface area contributed by atoms with E-state index >= 15 is 0 Å². The monoisotopic (exact) mass is 372 g/mol. The van der Waals surface area contributed by atoms with E-state index in [1.165, 1.54) is 0 Å². The van der Waals surface area contributed by atoms with E-state index in [1.54, 1.807) is 12.1 Å². The standard InChI is InChI=1S/C15H11BrCl2O2/c16-9-2-4-14-10(6-9)13(19)7-15(20-14)8-1-3-11(17)12(18)5-8/h1-6,13,15,19H,7H2/t13-,15?/m0/s1. The molecule has 1 N–H and O–H groups in total. The first kappa shape index (κ1) is 14.2. The third kappa shape index (κ3) is 2.68. The van der Waals surface area contributed by atoms with Crippen molar-refractivity contribution in [2.75, 3.05) is 0 Å². The van der Waals surface area contributed by atoms with Gasteiger partial charge in [0.2, 0.25) is 0 Å². The predicted octanol–water partition coefficient (Wildman–Crippen LogP) is 5.31. The van der Waals surface area contributed by atoms with Crippen LogP contribution in [-0.4, -0.2) is 5.11 Å². The highest BCUT2D eigenvalue weighted by molar-refractivity contribution is 9.10. The summed E-state index contributed by atoms with van der Waals surface area (Å²) in [5.74, 6) is 0.697. The molecule has 0 saturated heterocycles. The third-order valence-corrected chi connectivity index (χ3v) is 4.59. The highest BCUT2D eigenvalue weighted by atomic mass is 79.9. The molecule has 0 spiro atoms. The van der Waals surface area contributed by atoms with Crippen molar-refractivity contribution in [1.29, 1.82) is 0 Å². The summed E-state index contributed by atoms with van der Waals surface area (Å²) in [6.45, 7) is 0. The number of aliphatic hydroxyl groups is 1. The van der Waals surface area contributed by atoms with Gasteiger partial charge in [-0.1, -0.05) is 45.2 Å². The highest BCUT2D eigenvalue weighted by Crippen LogP contribution is 2.42. The molecule has 2 atom stereocenters. The summed E-state index contributed by atoms with van der Waals surface area (Å²) in [6.07, 6.45) is -0.300. The average molecular weight is 374 g/mol. The molecule has 0 aliphatic carbocycles. The van der Waals surface area contributed by atoms with Crippen molar-refractivity contribution in [1.82, 2.24) is 0 Å². The van der Waals surface area contributed by atoms with Crippen LogP contribution >= 0.6 is 39.1 Å². The van der Waals surface area contributed by atoms with Gasteiger partial charge in [-0.25, -0.2) is 0 Å². The van der Waals surface area contributed by atoms with Gasteiger partial charge in [0.15, 0.2) is 0 Å². The minimum atomic E-state index is -0.560. The van der Waals surface area contributed by atoms with Crippen molar-refractivity contribution in [3.63, 3.8) is 0 Å². The van der Waals surface area contributed by atoms with Gasteiger partial charge >= 0.3 is 0 Å². The smallest absolute Gasteiger partial charge is 0.127 e. The Labute approximate surface area is 135 Å². The van der Waals surface area contributed by atoms with Gasteiger partial charge in [0.25, 0.3) is 0 Å². The number of hydrogen-bond donors (Lipinski definition) is 1. The van der Waals surface area contributed by atoms with Crippen LogP contribution in [0, 0.1) is 0 Å². The number of aliphatic hydroxyl groups excluding tert-OH is 1. The molecule has 104 valence electrons. The first-order valence-electron chi connectivity index (χ1n) is 6.13. The predicted molar refractivity (Wildman–Crippen MR) is 83.5 cm³/mol. The summed E-state index contributed by atoms with van der Waals surface area (Å²) in [6, 6.07) is 11.0. The number of fused-ring (bicyclic) bond motifs is 1. The maximum atomic E-state index is 10.3. The molecule has 1 aliphatic rings. The van der Waals surface area contributed by atoms with Crippen molar-refractivity contribution >= 4 is 39.1 Å². The molecule has 0 fully saturated rings. The fourth-order valence-corrected chi connectivity index (χ4v) is 3.02. The van der Waals surface area contributed by atoms with E-state index in [1.807, 2.05) is 24.3 Å². The Kier molecular flexibility index (Phi) is 3.95. The Bertz CT molecular complexity index is 660. The molecule has 0 radical (unpaired) electrons. The maximum Gasteiger partial charge on any atom is 0.127 e. The van der Waals surface area contributed by atoms with Gasteiger partial charge < -0.3 is 9.84 Å². The zero-order chi connectivity index (χ0) is 14.3. The van der Waals surface area contributed by atoms with Crippen molar-refractivity contribution in [3.05, 3.63) is 62.0 Å². The Morgan fingerprint density at radius 2 is 1.90 bits per heavy atom. The minimum absolute atomic E-state index is 0.228. The second-order valence-electron chi connectivity index (χ2n) is 4.71. The second-order valence-corrected chi connectivity index (χ2v) is 6.44. The van der Waals surface area contributed by atoms with Crippen molar-refractivity contribution in [2.24, 2.45) is 0 Å². The molecule has 0 saturated carbocycles. The van der Waals surface area contributed by atoms with E-state index in [0.29, 0.717) is 22.2 Å². The lowest BCUT2D eigenvalue weighted by molar-refractivity contribution is 0.0657. The first-order valence-corrected chi connectivity index (χ1v) is 7.68. The summed E-state index contributed by atoms with van der Waals surface area (Å²) >= 11 is 15.4. The normalized spacial score (nSPS) is 21.2. The lowest BCUT2D eigenvalue weighted by Gasteiger charge is -2.30. The van der Waals surface area contributed by atoms with E-state index < -0.39 is 6.10 Å². The Morgan fingerprint density at radius 3 is 2.65 bits per heavy atom. The van der Waals surface area contributed by atoms with Gasteiger partial charge in [-0.15, -0.1) is 0 Å². The number of halogens is 3. The number of ether oxygens (including phenoxy) is 1. The number of benzene rings is 2. The lowest BCUT2D eigenvalue weighted by Crippen LogP contribution is -2.19. The van der Waals surface area contributed by atoms with Gasteiger partial charge in [0.05, 0.1) is 16.1 Å². The molecular weight excluding hydrogens is 363 g/mol. The van der Waals surface area contributed by atoms with Gasteiger partial charge in [-0.2, -0.15) is 0 Å². The Balaban J connectivity index is 1.94. The van der Waals surface area contributed by atoms with Crippen LogP contribution in [0.1, 0.15) is 29.8 Å². The molecule has 1 heterocycles. The quantitative estimate of drug-likeness (QED) is 0.733. The topological polar surface area (TPSA) is 29.5 Å². The van der Waals surface area contributed by atoms with E-state index in [2.05, 4.69) is 15.9 Å². The van der Waals surface area contributed by atoms with E-state index in [9.17, 15) is 5.11 Å². The van der Waals surface area contributed by atoms with Gasteiger partial charge in [-0.3, -0.25) is 0 Å². The van der Waals surface area contributed by atoms with Gasteiger partial charge in [0, 0.05) is 16.5 Å². The van der Waals surface area contributed by atoms with Crippen LogP contribution in [0.15, 0.2) is 40.9 Å². The van der Waals surface area contributed by atoms with Crippen LogP contribution in [0.2, 0.25) is 10.0 Å². The molecule has 2 aromatic carbocycles. The van der Waals surface area contributed by atoms with Crippen LogP contribution in [0.4, 0.5) is 0 Å². The Morgan fingerprint density at radius 1 is 1.10 bits per heavy atom. The molecule has 2 nitrogen and oxygen atoms in total. The molecule has 0 aromatic heterocycles. The van der Waals surface area contributed by atoms with Crippen LogP contribution in [0.25, 0.3) is 0 Å². The van der Waals surface area contributed by atoms with Crippen LogP contribution in [0.3, 0.4) is 0 Å². The molecule has 1 aliphatic heterocycles. The Hall–Kier alpha value is -0.740. The van der Waals surface area contributed by atoms with E-state index in [0.717, 1.165) is 15.6 Å². The summed E-state index contributed by atoms with van der Waals surface area (Å²) in [4.78, 5) is 0. The second kappa shape index (κ2) is 5.57. The largest absolute Gasteiger partial charge is 0.485 e. The molecule has 20 heavy (non-hydrogen) atoms. The molecule has 2 aromatic rings. The van der Waals surface area contributed by atoms with Crippen molar-refractivity contribution in [3.8, 4) is 5.75 Å².